The van der Waals surface area contributed by atoms with Crippen LogP contribution in [0.4, 0.5) is 0 Å². The van der Waals surface area contributed by atoms with Crippen molar-refractivity contribution in [3.8, 4) is 0 Å². The van der Waals surface area contributed by atoms with Gasteiger partial charge in [0.15, 0.2) is 0 Å². The van der Waals surface area contributed by atoms with E-state index in [-0.39, 0.29) is 0 Å². The normalized spacial score (nSPS) is 11.1. The first-order chi connectivity index (χ1) is 8.72. The molecule has 102 valence electrons. The molecule has 0 heterocycles. The molecule has 0 radical (unpaired) electrons. The maximum Gasteiger partial charge on any atom is 0.0227 e. The van der Waals surface area contributed by atoms with Gasteiger partial charge in [-0.2, -0.15) is 0 Å². The second kappa shape index (κ2) is 9.16. The first kappa shape index (κ1) is 15.2. The molecule has 0 spiro atoms. The Kier molecular flexibility index (Phi) is 7.75. The van der Waals surface area contributed by atoms with Crippen molar-refractivity contribution in [3.05, 3.63) is 35.4 Å². The standard InChI is InChI=1S/C17H29N/c1-4-5-6-7-8-9-10-16-11-13-17(14-12-16)15-18(2)3/h11-14H,4-10,15H2,1-3H3. The third-order valence-electron chi connectivity index (χ3n) is 3.34. The minimum absolute atomic E-state index is 1.04. The Hall–Kier alpha value is -0.820. The van der Waals surface area contributed by atoms with E-state index in [0.717, 1.165) is 6.54 Å². The van der Waals surface area contributed by atoms with E-state index in [4.69, 9.17) is 0 Å². The minimum atomic E-state index is 1.04. The van der Waals surface area contributed by atoms with Crippen LogP contribution in [0, 0.1) is 0 Å². The van der Waals surface area contributed by atoms with Crippen LogP contribution in [-0.2, 0) is 13.0 Å². The van der Waals surface area contributed by atoms with Crippen LogP contribution in [0.15, 0.2) is 24.3 Å². The van der Waals surface area contributed by atoms with Crippen molar-refractivity contribution in [2.45, 2.75) is 58.4 Å². The Morgan fingerprint density at radius 3 is 1.94 bits per heavy atom. The summed E-state index contributed by atoms with van der Waals surface area (Å²) in [7, 11) is 4.23. The predicted molar refractivity (Wildman–Crippen MR) is 80.9 cm³/mol. The van der Waals surface area contributed by atoms with E-state index < -0.39 is 0 Å². The molecule has 0 saturated carbocycles. The van der Waals surface area contributed by atoms with Crippen LogP contribution in [0.5, 0.6) is 0 Å². The lowest BCUT2D eigenvalue weighted by molar-refractivity contribution is 0.402. The van der Waals surface area contributed by atoms with E-state index in [9.17, 15) is 0 Å². The first-order valence-corrected chi connectivity index (χ1v) is 7.45. The van der Waals surface area contributed by atoms with Gasteiger partial charge in [-0.1, -0.05) is 63.3 Å². The number of hydrogen-bond acceptors (Lipinski definition) is 1. The zero-order valence-corrected chi connectivity index (χ0v) is 12.4. The van der Waals surface area contributed by atoms with E-state index >= 15 is 0 Å². The maximum absolute atomic E-state index is 2.30. The Balaban J connectivity index is 2.18. The molecule has 18 heavy (non-hydrogen) atoms. The summed E-state index contributed by atoms with van der Waals surface area (Å²) in [6.07, 6.45) is 9.54. The Morgan fingerprint density at radius 2 is 1.33 bits per heavy atom. The third-order valence-corrected chi connectivity index (χ3v) is 3.34. The average molecular weight is 247 g/mol. The van der Waals surface area contributed by atoms with Crippen LogP contribution in [0.2, 0.25) is 0 Å². The lowest BCUT2D eigenvalue weighted by Crippen LogP contribution is -2.10. The van der Waals surface area contributed by atoms with Crippen LogP contribution in [-0.4, -0.2) is 19.0 Å². The van der Waals surface area contributed by atoms with Crippen molar-refractivity contribution in [2.24, 2.45) is 0 Å². The second-order valence-electron chi connectivity index (χ2n) is 5.57. The molecule has 1 aromatic carbocycles. The highest BCUT2D eigenvalue weighted by Crippen LogP contribution is 2.11. The molecule has 0 amide bonds. The van der Waals surface area contributed by atoms with E-state index in [1.807, 2.05) is 0 Å². The topological polar surface area (TPSA) is 3.24 Å². The van der Waals surface area contributed by atoms with Crippen molar-refractivity contribution < 1.29 is 0 Å². The summed E-state index contributed by atoms with van der Waals surface area (Å²) in [4.78, 5) is 2.21. The van der Waals surface area contributed by atoms with Gasteiger partial charge in [0, 0.05) is 6.54 Å². The molecule has 1 aromatic rings. The van der Waals surface area contributed by atoms with Gasteiger partial charge in [0.25, 0.3) is 0 Å². The number of nitrogens with zero attached hydrogens (tertiary/aromatic N) is 1. The zero-order valence-electron chi connectivity index (χ0n) is 12.4. The number of hydrogen-bond donors (Lipinski definition) is 0. The molecule has 0 aromatic heterocycles. The molecule has 0 saturated heterocycles. The van der Waals surface area contributed by atoms with E-state index in [2.05, 4.69) is 50.2 Å². The number of benzene rings is 1. The Labute approximate surface area is 113 Å². The molecule has 0 aliphatic rings. The van der Waals surface area contributed by atoms with Gasteiger partial charge in [0.05, 0.1) is 0 Å². The largest absolute Gasteiger partial charge is 0.305 e. The van der Waals surface area contributed by atoms with Crippen LogP contribution in [0.25, 0.3) is 0 Å². The molecule has 1 nitrogen and oxygen atoms in total. The molecule has 1 rings (SSSR count). The molecule has 0 aliphatic heterocycles. The molecule has 0 N–H and O–H groups in total. The summed E-state index contributed by atoms with van der Waals surface area (Å²) >= 11 is 0. The van der Waals surface area contributed by atoms with Crippen LogP contribution in [0.3, 0.4) is 0 Å². The number of unbranched alkanes of at least 4 members (excludes halogenated alkanes) is 5. The average Bonchev–Trinajstić information content (AvgIpc) is 2.35. The van der Waals surface area contributed by atoms with Crippen LogP contribution < -0.4 is 0 Å². The highest BCUT2D eigenvalue weighted by Gasteiger charge is 1.97. The number of aryl methyl sites for hydroxylation is 1. The minimum Gasteiger partial charge on any atom is -0.305 e. The van der Waals surface area contributed by atoms with Gasteiger partial charge >= 0.3 is 0 Å². The van der Waals surface area contributed by atoms with Gasteiger partial charge in [-0.3, -0.25) is 0 Å². The summed E-state index contributed by atoms with van der Waals surface area (Å²) < 4.78 is 0. The summed E-state index contributed by atoms with van der Waals surface area (Å²) in [5, 5.41) is 0. The predicted octanol–water partition coefficient (Wildman–Crippen LogP) is 4.65. The fraction of sp³-hybridized carbons (Fsp3) is 0.647. The Bertz CT molecular complexity index is 300. The molecule has 0 atom stereocenters. The van der Waals surface area contributed by atoms with Gasteiger partial charge in [-0.05, 0) is 38.1 Å². The van der Waals surface area contributed by atoms with Crippen molar-refractivity contribution in [2.75, 3.05) is 14.1 Å². The fourth-order valence-electron chi connectivity index (χ4n) is 2.29. The van der Waals surface area contributed by atoms with E-state index in [1.54, 1.807) is 0 Å². The lowest BCUT2D eigenvalue weighted by atomic mass is 10.0. The summed E-state index contributed by atoms with van der Waals surface area (Å²) in [5.41, 5.74) is 2.90. The monoisotopic (exact) mass is 247 g/mol. The van der Waals surface area contributed by atoms with Crippen LogP contribution in [0.1, 0.15) is 56.6 Å². The molecule has 1 heteroatoms. The van der Waals surface area contributed by atoms with Crippen molar-refractivity contribution in [3.63, 3.8) is 0 Å². The number of rotatable bonds is 9. The van der Waals surface area contributed by atoms with Gasteiger partial charge in [-0.15, -0.1) is 0 Å². The fourth-order valence-corrected chi connectivity index (χ4v) is 2.29. The summed E-state index contributed by atoms with van der Waals surface area (Å²) in [6.45, 7) is 3.31. The molecule has 0 bridgehead atoms. The molecular formula is C17H29N. The van der Waals surface area contributed by atoms with Gasteiger partial charge in [-0.25, -0.2) is 0 Å². The van der Waals surface area contributed by atoms with Gasteiger partial charge < -0.3 is 4.90 Å². The molecule has 0 aliphatic carbocycles. The third kappa shape index (κ3) is 6.80. The zero-order chi connectivity index (χ0) is 13.2. The van der Waals surface area contributed by atoms with E-state index in [0.29, 0.717) is 0 Å². The Morgan fingerprint density at radius 1 is 0.778 bits per heavy atom. The molecular weight excluding hydrogens is 218 g/mol. The molecule has 0 unspecified atom stereocenters. The highest BCUT2D eigenvalue weighted by atomic mass is 15.0. The van der Waals surface area contributed by atoms with Crippen LogP contribution >= 0.6 is 0 Å². The summed E-state index contributed by atoms with van der Waals surface area (Å²) in [5.74, 6) is 0. The van der Waals surface area contributed by atoms with Crippen molar-refractivity contribution >= 4 is 0 Å². The summed E-state index contributed by atoms with van der Waals surface area (Å²) in [6, 6.07) is 9.13. The first-order valence-electron chi connectivity index (χ1n) is 7.45. The quantitative estimate of drug-likeness (QED) is 0.574. The maximum atomic E-state index is 2.30. The van der Waals surface area contributed by atoms with Crippen molar-refractivity contribution in [1.29, 1.82) is 0 Å². The lowest BCUT2D eigenvalue weighted by Gasteiger charge is -2.10. The second-order valence-corrected chi connectivity index (χ2v) is 5.57. The van der Waals surface area contributed by atoms with Gasteiger partial charge in [0.2, 0.25) is 0 Å². The van der Waals surface area contributed by atoms with Gasteiger partial charge in [0.1, 0.15) is 0 Å². The SMILES string of the molecule is CCCCCCCCc1ccc(CN(C)C)cc1. The highest BCUT2D eigenvalue weighted by molar-refractivity contribution is 5.22. The smallest absolute Gasteiger partial charge is 0.0227 e. The van der Waals surface area contributed by atoms with Crippen molar-refractivity contribution in [1.82, 2.24) is 4.90 Å². The van der Waals surface area contributed by atoms with E-state index in [1.165, 1.54) is 56.1 Å². The molecule has 0 fully saturated rings.